The van der Waals surface area contributed by atoms with E-state index < -0.39 is 0 Å². The minimum Gasteiger partial charge on any atom is -0.368 e. The molecule has 0 aromatic carbocycles. The Kier molecular flexibility index (Phi) is 4.26. The molecule has 1 aromatic heterocycles. The number of nitrogens with zero attached hydrogens (tertiary/aromatic N) is 2. The third-order valence-corrected chi connectivity index (χ3v) is 4.64. The molecule has 2 aliphatic rings. The minimum absolute atomic E-state index is 0.0546. The van der Waals surface area contributed by atoms with E-state index in [0.29, 0.717) is 6.61 Å². The number of nitrogens with one attached hydrogen (secondary N) is 1. The Morgan fingerprint density at radius 1 is 1.30 bits per heavy atom. The van der Waals surface area contributed by atoms with Crippen LogP contribution in [-0.2, 0) is 4.74 Å². The van der Waals surface area contributed by atoms with Crippen molar-refractivity contribution in [3.63, 3.8) is 0 Å². The Morgan fingerprint density at radius 3 is 2.65 bits per heavy atom. The van der Waals surface area contributed by atoms with Gasteiger partial charge in [0.1, 0.15) is 6.10 Å². The number of likely N-dealkylation sites (N-methyl/N-ethyl adjacent to an activating group) is 1. The summed E-state index contributed by atoms with van der Waals surface area (Å²) in [5.74, 6) is 0. The van der Waals surface area contributed by atoms with Crippen LogP contribution in [0.5, 0.6) is 0 Å². The number of aromatic amines is 1. The van der Waals surface area contributed by atoms with Crippen LogP contribution in [0.1, 0.15) is 39.8 Å². The number of hydrogen-bond donors (Lipinski definition) is 1. The average Bonchev–Trinajstić information content (AvgIpc) is 3.20. The van der Waals surface area contributed by atoms with Crippen LogP contribution in [0.2, 0.25) is 0 Å². The van der Waals surface area contributed by atoms with Gasteiger partial charge in [0, 0.05) is 25.6 Å². The van der Waals surface area contributed by atoms with Crippen molar-refractivity contribution in [3.8, 4) is 0 Å². The molecule has 0 saturated carbocycles. The Hall–Kier alpha value is -2.07. The summed E-state index contributed by atoms with van der Waals surface area (Å²) in [5, 5.41) is 0. The second kappa shape index (κ2) is 6.20. The molecule has 3 heterocycles. The molecule has 0 fully saturated rings. The largest absolute Gasteiger partial charge is 0.368 e. The molecule has 2 aliphatic heterocycles. The molecule has 0 radical (unpaired) electrons. The van der Waals surface area contributed by atoms with Crippen molar-refractivity contribution in [2.75, 3.05) is 13.7 Å². The van der Waals surface area contributed by atoms with Crippen molar-refractivity contribution in [2.45, 2.75) is 40.2 Å². The van der Waals surface area contributed by atoms with Crippen LogP contribution in [0.3, 0.4) is 0 Å². The molecular weight excluding hydrogens is 286 g/mol. The molecule has 0 bridgehead atoms. The number of ether oxygens (including phenoxy) is 1. The summed E-state index contributed by atoms with van der Waals surface area (Å²) in [7, 11) is 2.09. The zero-order chi connectivity index (χ0) is 16.6. The van der Waals surface area contributed by atoms with Crippen molar-refractivity contribution in [3.05, 3.63) is 52.6 Å². The molecule has 3 rings (SSSR count). The molecule has 1 aromatic rings. The van der Waals surface area contributed by atoms with Gasteiger partial charge in [0.2, 0.25) is 0 Å². The molecule has 4 heteroatoms. The highest BCUT2D eigenvalue weighted by atomic mass is 16.5. The first kappa shape index (κ1) is 15.8. The Balaban J connectivity index is 2.09. The summed E-state index contributed by atoms with van der Waals surface area (Å²) in [6.45, 7) is 9.17. The highest BCUT2D eigenvalue weighted by molar-refractivity contribution is 6.03. The number of allylic oxidation sites excluding steroid dienone is 2. The summed E-state index contributed by atoms with van der Waals surface area (Å²) in [6.07, 6.45) is 5.08. The topological polar surface area (TPSA) is 40.6 Å². The van der Waals surface area contributed by atoms with E-state index in [1.807, 2.05) is 19.2 Å². The summed E-state index contributed by atoms with van der Waals surface area (Å²) in [5.41, 5.74) is 8.20. The van der Waals surface area contributed by atoms with Crippen molar-refractivity contribution < 1.29 is 4.74 Å². The first-order chi connectivity index (χ1) is 11.1. The second-order valence-corrected chi connectivity index (χ2v) is 5.96. The molecule has 1 atom stereocenters. The SMILES string of the molecule is CCOC1C=C(c2ccc[nH]2)N(C)C1=C1N=C(C)C(CC)=C1C. The van der Waals surface area contributed by atoms with Crippen molar-refractivity contribution in [1.29, 1.82) is 0 Å². The fraction of sp³-hybridized carbons (Fsp3) is 0.421. The van der Waals surface area contributed by atoms with E-state index in [9.17, 15) is 0 Å². The number of H-pyrrole nitrogens is 1. The fourth-order valence-corrected chi connectivity index (χ4v) is 3.52. The highest BCUT2D eigenvalue weighted by Crippen LogP contribution is 2.39. The van der Waals surface area contributed by atoms with Crippen LogP contribution in [0, 0.1) is 0 Å². The monoisotopic (exact) mass is 311 g/mol. The lowest BCUT2D eigenvalue weighted by Gasteiger charge is -2.22. The third-order valence-electron chi connectivity index (χ3n) is 4.64. The van der Waals surface area contributed by atoms with Crippen LogP contribution in [0.15, 0.2) is 51.9 Å². The molecule has 0 aliphatic carbocycles. The van der Waals surface area contributed by atoms with Gasteiger partial charge in [0.05, 0.1) is 22.8 Å². The first-order valence-electron chi connectivity index (χ1n) is 8.29. The van der Waals surface area contributed by atoms with Gasteiger partial charge < -0.3 is 14.6 Å². The molecule has 4 nitrogen and oxygen atoms in total. The van der Waals surface area contributed by atoms with E-state index >= 15 is 0 Å². The van der Waals surface area contributed by atoms with Gasteiger partial charge in [-0.2, -0.15) is 0 Å². The van der Waals surface area contributed by atoms with Gasteiger partial charge in [0.25, 0.3) is 0 Å². The maximum Gasteiger partial charge on any atom is 0.120 e. The molecule has 1 N–H and O–H groups in total. The first-order valence-corrected chi connectivity index (χ1v) is 8.29. The number of aromatic nitrogens is 1. The predicted octanol–water partition coefficient (Wildman–Crippen LogP) is 4.12. The van der Waals surface area contributed by atoms with Crippen molar-refractivity contribution in [1.82, 2.24) is 9.88 Å². The second-order valence-electron chi connectivity index (χ2n) is 5.96. The van der Waals surface area contributed by atoms with E-state index in [1.54, 1.807) is 0 Å². The van der Waals surface area contributed by atoms with Gasteiger partial charge in [-0.05, 0) is 56.5 Å². The molecule has 0 amide bonds. The van der Waals surface area contributed by atoms with Gasteiger partial charge >= 0.3 is 0 Å². The zero-order valence-corrected chi connectivity index (χ0v) is 14.6. The van der Waals surface area contributed by atoms with E-state index in [4.69, 9.17) is 9.73 Å². The summed E-state index contributed by atoms with van der Waals surface area (Å²) in [4.78, 5) is 10.4. The Labute approximate surface area is 138 Å². The van der Waals surface area contributed by atoms with E-state index in [-0.39, 0.29) is 6.10 Å². The zero-order valence-electron chi connectivity index (χ0n) is 14.6. The normalized spacial score (nSPS) is 24.6. The maximum absolute atomic E-state index is 6.00. The number of aliphatic imine (C=N–C) groups is 1. The average molecular weight is 311 g/mol. The molecule has 0 spiro atoms. The standard InChI is InChI=1S/C19H25N3O/c1-6-14-12(3)18(21-13(14)4)19-17(23-7-2)11-16(22(19)5)15-9-8-10-20-15/h8-11,17,20H,6-7H2,1-5H3. The van der Waals surface area contributed by atoms with E-state index in [2.05, 4.69) is 49.8 Å². The molecule has 0 saturated heterocycles. The van der Waals surface area contributed by atoms with Crippen molar-refractivity contribution in [2.24, 2.45) is 4.99 Å². The van der Waals surface area contributed by atoms with Crippen molar-refractivity contribution >= 4 is 11.4 Å². The van der Waals surface area contributed by atoms with Gasteiger partial charge in [-0.25, -0.2) is 0 Å². The van der Waals surface area contributed by atoms with Gasteiger partial charge in [-0.15, -0.1) is 0 Å². The predicted molar refractivity (Wildman–Crippen MR) is 95.1 cm³/mol. The van der Waals surface area contributed by atoms with Crippen LogP contribution in [0.4, 0.5) is 0 Å². The van der Waals surface area contributed by atoms with Gasteiger partial charge in [-0.1, -0.05) is 6.92 Å². The van der Waals surface area contributed by atoms with E-state index in [0.717, 1.165) is 34.9 Å². The van der Waals surface area contributed by atoms with Crippen LogP contribution >= 0.6 is 0 Å². The number of hydrogen-bond acceptors (Lipinski definition) is 3. The third kappa shape index (κ3) is 2.57. The van der Waals surface area contributed by atoms with E-state index in [1.165, 1.54) is 11.1 Å². The fourth-order valence-electron chi connectivity index (χ4n) is 3.52. The molecular formula is C19H25N3O. The summed E-state index contributed by atoms with van der Waals surface area (Å²) < 4.78 is 6.00. The van der Waals surface area contributed by atoms with Gasteiger partial charge in [-0.3, -0.25) is 4.99 Å². The van der Waals surface area contributed by atoms with Crippen LogP contribution in [0.25, 0.3) is 5.70 Å². The highest BCUT2D eigenvalue weighted by Gasteiger charge is 2.33. The summed E-state index contributed by atoms with van der Waals surface area (Å²) >= 11 is 0. The number of rotatable bonds is 4. The maximum atomic E-state index is 6.00. The summed E-state index contributed by atoms with van der Waals surface area (Å²) in [6, 6.07) is 4.10. The molecule has 1 unspecified atom stereocenters. The Morgan fingerprint density at radius 2 is 2.09 bits per heavy atom. The van der Waals surface area contributed by atoms with Gasteiger partial charge in [0.15, 0.2) is 0 Å². The minimum atomic E-state index is -0.0546. The lowest BCUT2D eigenvalue weighted by molar-refractivity contribution is 0.114. The quantitative estimate of drug-likeness (QED) is 0.908. The lowest BCUT2D eigenvalue weighted by atomic mass is 10.0. The molecule has 23 heavy (non-hydrogen) atoms. The molecule has 122 valence electrons. The Bertz CT molecular complexity index is 720. The van der Waals surface area contributed by atoms with Crippen LogP contribution < -0.4 is 0 Å². The lowest BCUT2D eigenvalue weighted by Crippen LogP contribution is -2.21. The smallest absolute Gasteiger partial charge is 0.120 e. The van der Waals surface area contributed by atoms with Crippen LogP contribution in [-0.4, -0.2) is 35.4 Å².